The summed E-state index contributed by atoms with van der Waals surface area (Å²) in [6.45, 7) is 8.00. The van der Waals surface area contributed by atoms with Crippen molar-refractivity contribution in [2.45, 2.75) is 45.1 Å². The lowest BCUT2D eigenvalue weighted by molar-refractivity contribution is -0.126. The van der Waals surface area contributed by atoms with E-state index in [1.54, 1.807) is 0 Å². The fourth-order valence-electron chi connectivity index (χ4n) is 2.43. The number of amides is 1. The molecule has 0 aliphatic carbocycles. The van der Waals surface area contributed by atoms with Crippen molar-refractivity contribution < 1.29 is 4.79 Å². The first-order valence-corrected chi connectivity index (χ1v) is 7.15. The first-order chi connectivity index (χ1) is 9.04. The van der Waals surface area contributed by atoms with E-state index in [0.717, 1.165) is 31.5 Å². The van der Waals surface area contributed by atoms with Gasteiger partial charge in [0, 0.05) is 12.6 Å². The Balaban J connectivity index is 0.00000200. The van der Waals surface area contributed by atoms with Crippen LogP contribution in [0.4, 0.5) is 0 Å². The summed E-state index contributed by atoms with van der Waals surface area (Å²) < 4.78 is 0. The molecule has 1 atom stereocenters. The molecule has 0 bridgehead atoms. The van der Waals surface area contributed by atoms with Crippen molar-refractivity contribution in [1.29, 1.82) is 0 Å². The van der Waals surface area contributed by atoms with Crippen molar-refractivity contribution in [3.8, 4) is 0 Å². The second-order valence-electron chi connectivity index (χ2n) is 5.84. The third-order valence-electron chi connectivity index (χ3n) is 4.05. The topological polar surface area (TPSA) is 41.1 Å². The van der Waals surface area contributed by atoms with E-state index in [2.05, 4.69) is 41.8 Å². The number of hydrogen-bond acceptors (Lipinski definition) is 2. The fraction of sp³-hybridized carbons (Fsp3) is 0.562. The molecule has 1 aliphatic heterocycles. The van der Waals surface area contributed by atoms with Gasteiger partial charge in [-0.25, -0.2) is 0 Å². The smallest absolute Gasteiger partial charge is 0.230 e. The number of halogens is 1. The molecule has 1 heterocycles. The predicted octanol–water partition coefficient (Wildman–Crippen LogP) is 2.43. The van der Waals surface area contributed by atoms with Gasteiger partial charge < -0.3 is 10.6 Å². The summed E-state index contributed by atoms with van der Waals surface area (Å²) in [6, 6.07) is 8.65. The van der Waals surface area contributed by atoms with Gasteiger partial charge in [-0.15, -0.1) is 12.4 Å². The van der Waals surface area contributed by atoms with Gasteiger partial charge >= 0.3 is 0 Å². The molecule has 2 rings (SSSR count). The SMILES string of the molecule is CCc1ccc(C(C)(C)C(=O)NC2CCNC2)cc1.Cl. The maximum atomic E-state index is 12.4. The van der Waals surface area contributed by atoms with Gasteiger partial charge in [0.05, 0.1) is 5.41 Å². The summed E-state index contributed by atoms with van der Waals surface area (Å²) in [4.78, 5) is 12.4. The third kappa shape index (κ3) is 3.74. The van der Waals surface area contributed by atoms with E-state index in [1.165, 1.54) is 5.56 Å². The second kappa shape index (κ2) is 7.09. The van der Waals surface area contributed by atoms with Crippen LogP contribution >= 0.6 is 12.4 Å². The monoisotopic (exact) mass is 296 g/mol. The maximum Gasteiger partial charge on any atom is 0.230 e. The van der Waals surface area contributed by atoms with Crippen LogP contribution in [0.3, 0.4) is 0 Å². The molecule has 1 amide bonds. The lowest BCUT2D eigenvalue weighted by atomic mass is 9.83. The molecule has 112 valence electrons. The molecule has 20 heavy (non-hydrogen) atoms. The summed E-state index contributed by atoms with van der Waals surface area (Å²) in [6.07, 6.45) is 2.05. The van der Waals surface area contributed by atoms with E-state index in [-0.39, 0.29) is 24.4 Å². The summed E-state index contributed by atoms with van der Waals surface area (Å²) in [5, 5.41) is 6.41. The predicted molar refractivity (Wildman–Crippen MR) is 85.5 cm³/mol. The van der Waals surface area contributed by atoms with Crippen molar-refractivity contribution in [3.63, 3.8) is 0 Å². The van der Waals surface area contributed by atoms with Crippen molar-refractivity contribution in [1.82, 2.24) is 10.6 Å². The standard InChI is InChI=1S/C16H24N2O.ClH/c1-4-12-5-7-13(8-6-12)16(2,3)15(19)18-14-9-10-17-11-14;/h5-8,14,17H,4,9-11H2,1-3H3,(H,18,19);1H. The molecular formula is C16H25ClN2O. The second-order valence-corrected chi connectivity index (χ2v) is 5.84. The largest absolute Gasteiger partial charge is 0.351 e. The Labute approximate surface area is 127 Å². The lowest BCUT2D eigenvalue weighted by Gasteiger charge is -2.26. The summed E-state index contributed by atoms with van der Waals surface area (Å²) in [7, 11) is 0. The normalized spacial score (nSPS) is 18.4. The van der Waals surface area contributed by atoms with E-state index in [0.29, 0.717) is 0 Å². The Bertz CT molecular complexity index is 436. The summed E-state index contributed by atoms with van der Waals surface area (Å²) >= 11 is 0. The number of carbonyl (C=O) groups excluding carboxylic acids is 1. The average Bonchev–Trinajstić information content (AvgIpc) is 2.91. The first-order valence-electron chi connectivity index (χ1n) is 7.15. The van der Waals surface area contributed by atoms with Gasteiger partial charge in [0.2, 0.25) is 5.91 Å². The van der Waals surface area contributed by atoms with Crippen LogP contribution in [0.2, 0.25) is 0 Å². The zero-order chi connectivity index (χ0) is 13.9. The van der Waals surface area contributed by atoms with Crippen LogP contribution in [-0.2, 0) is 16.6 Å². The average molecular weight is 297 g/mol. The molecule has 1 aromatic carbocycles. The van der Waals surface area contributed by atoms with Crippen LogP contribution in [-0.4, -0.2) is 25.0 Å². The highest BCUT2D eigenvalue weighted by molar-refractivity contribution is 5.87. The van der Waals surface area contributed by atoms with Crippen molar-refractivity contribution in [2.75, 3.05) is 13.1 Å². The highest BCUT2D eigenvalue weighted by atomic mass is 35.5. The molecule has 1 aliphatic rings. The van der Waals surface area contributed by atoms with E-state index in [4.69, 9.17) is 0 Å². The number of nitrogens with one attached hydrogen (secondary N) is 2. The summed E-state index contributed by atoms with van der Waals surface area (Å²) in [5.41, 5.74) is 1.91. The van der Waals surface area contributed by atoms with Gasteiger partial charge in [-0.1, -0.05) is 31.2 Å². The van der Waals surface area contributed by atoms with E-state index in [1.807, 2.05) is 13.8 Å². The van der Waals surface area contributed by atoms with Crippen molar-refractivity contribution in [2.24, 2.45) is 0 Å². The molecule has 0 spiro atoms. The number of benzene rings is 1. The number of hydrogen-bond donors (Lipinski definition) is 2. The third-order valence-corrected chi connectivity index (χ3v) is 4.05. The number of carbonyl (C=O) groups is 1. The Morgan fingerprint density at radius 2 is 2.00 bits per heavy atom. The maximum absolute atomic E-state index is 12.4. The highest BCUT2D eigenvalue weighted by Crippen LogP contribution is 2.24. The van der Waals surface area contributed by atoms with Gasteiger partial charge in [-0.05, 0) is 44.4 Å². The molecule has 3 nitrogen and oxygen atoms in total. The first kappa shape index (κ1) is 17.0. The van der Waals surface area contributed by atoms with Crippen LogP contribution < -0.4 is 10.6 Å². The van der Waals surface area contributed by atoms with Crippen molar-refractivity contribution >= 4 is 18.3 Å². The van der Waals surface area contributed by atoms with Crippen LogP contribution in [0.1, 0.15) is 38.3 Å². The van der Waals surface area contributed by atoms with Gasteiger partial charge in [0.25, 0.3) is 0 Å². The molecule has 0 saturated carbocycles. The van der Waals surface area contributed by atoms with E-state index in [9.17, 15) is 4.79 Å². The zero-order valence-corrected chi connectivity index (χ0v) is 13.3. The molecule has 1 aromatic rings. The molecule has 4 heteroatoms. The molecule has 2 N–H and O–H groups in total. The number of aryl methyl sites for hydroxylation is 1. The van der Waals surface area contributed by atoms with E-state index >= 15 is 0 Å². The summed E-state index contributed by atoms with van der Waals surface area (Å²) in [5.74, 6) is 0.116. The Hall–Kier alpha value is -1.06. The minimum atomic E-state index is -0.477. The van der Waals surface area contributed by atoms with Gasteiger partial charge in [0.1, 0.15) is 0 Å². The minimum Gasteiger partial charge on any atom is -0.351 e. The quantitative estimate of drug-likeness (QED) is 0.896. The van der Waals surface area contributed by atoms with Crippen molar-refractivity contribution in [3.05, 3.63) is 35.4 Å². The van der Waals surface area contributed by atoms with Crippen LogP contribution in [0.15, 0.2) is 24.3 Å². The van der Waals surface area contributed by atoms with Gasteiger partial charge in [-0.2, -0.15) is 0 Å². The minimum absolute atomic E-state index is 0. The molecule has 0 aromatic heterocycles. The van der Waals surface area contributed by atoms with Crippen LogP contribution in [0.5, 0.6) is 0 Å². The molecular weight excluding hydrogens is 272 g/mol. The highest BCUT2D eigenvalue weighted by Gasteiger charge is 2.31. The Kier molecular flexibility index (Phi) is 6.03. The van der Waals surface area contributed by atoms with Gasteiger partial charge in [0.15, 0.2) is 0 Å². The van der Waals surface area contributed by atoms with Gasteiger partial charge in [-0.3, -0.25) is 4.79 Å². The lowest BCUT2D eigenvalue weighted by Crippen LogP contribution is -2.45. The zero-order valence-electron chi connectivity index (χ0n) is 12.5. The molecule has 1 fully saturated rings. The molecule has 1 saturated heterocycles. The van der Waals surface area contributed by atoms with Crippen LogP contribution in [0, 0.1) is 0 Å². The Morgan fingerprint density at radius 1 is 1.35 bits per heavy atom. The Morgan fingerprint density at radius 3 is 2.50 bits per heavy atom. The molecule has 1 unspecified atom stereocenters. The van der Waals surface area contributed by atoms with Crippen LogP contribution in [0.25, 0.3) is 0 Å². The molecule has 0 radical (unpaired) electrons. The fourth-order valence-corrected chi connectivity index (χ4v) is 2.43. The number of rotatable bonds is 4. The van der Waals surface area contributed by atoms with E-state index < -0.39 is 5.41 Å².